The van der Waals surface area contributed by atoms with Crippen molar-refractivity contribution in [2.24, 2.45) is 4.99 Å². The Morgan fingerprint density at radius 1 is 1.37 bits per heavy atom. The van der Waals surface area contributed by atoms with E-state index in [1.165, 1.54) is 0 Å². The maximum atomic E-state index is 12.1. The van der Waals surface area contributed by atoms with Gasteiger partial charge < -0.3 is 20.7 Å². The highest BCUT2D eigenvalue weighted by atomic mass is 16.6. The zero-order valence-corrected chi connectivity index (χ0v) is 19.6. The number of alkyl carbamates (subject to hydrolysis) is 1. The van der Waals surface area contributed by atoms with E-state index in [4.69, 9.17) is 4.74 Å². The predicted molar refractivity (Wildman–Crippen MR) is 119 cm³/mol. The molecule has 2 rings (SSSR count). The topological polar surface area (TPSA) is 105 Å². The fourth-order valence-electron chi connectivity index (χ4n) is 3.35. The van der Waals surface area contributed by atoms with Crippen molar-refractivity contribution in [2.75, 3.05) is 13.6 Å². The number of hydrogen-bond acceptors (Lipinski definition) is 5. The summed E-state index contributed by atoms with van der Waals surface area (Å²) in [4.78, 5) is 21.1. The Morgan fingerprint density at radius 2 is 2.10 bits per heavy atom. The van der Waals surface area contributed by atoms with Crippen molar-refractivity contribution in [1.82, 2.24) is 30.7 Å². The fourth-order valence-corrected chi connectivity index (χ4v) is 3.35. The molecule has 0 radical (unpaired) electrons. The molecule has 9 nitrogen and oxygen atoms in total. The smallest absolute Gasteiger partial charge is 0.407 e. The lowest BCUT2D eigenvalue weighted by molar-refractivity contribution is 0.0502. The standard InChI is InChI=1S/C21H39N7O2/c1-8-9-15(25-20(29)30-21(4,5)6)12-23-19(22-7)24-16-10-11-17-26-18(14(2)3)27-28(17)13-16/h14-16H,8-13H2,1-7H3,(H,25,29)(H2,22,23,24). The van der Waals surface area contributed by atoms with Gasteiger partial charge in [-0.05, 0) is 33.6 Å². The lowest BCUT2D eigenvalue weighted by Gasteiger charge is -2.27. The lowest BCUT2D eigenvalue weighted by Crippen LogP contribution is -2.51. The molecule has 0 spiro atoms. The predicted octanol–water partition coefficient (Wildman–Crippen LogP) is 2.57. The number of carbonyl (C=O) groups excluding carboxylic acids is 1. The molecule has 3 N–H and O–H groups in total. The first-order chi connectivity index (χ1) is 14.1. The summed E-state index contributed by atoms with van der Waals surface area (Å²) in [6, 6.07) is 0.194. The third-order valence-corrected chi connectivity index (χ3v) is 4.83. The van der Waals surface area contributed by atoms with Crippen LogP contribution in [0, 0.1) is 0 Å². The van der Waals surface area contributed by atoms with E-state index in [2.05, 4.69) is 51.8 Å². The van der Waals surface area contributed by atoms with Gasteiger partial charge in [0.25, 0.3) is 0 Å². The average molecular weight is 422 g/mol. The van der Waals surface area contributed by atoms with Gasteiger partial charge >= 0.3 is 6.09 Å². The highest BCUT2D eigenvalue weighted by Gasteiger charge is 2.24. The third kappa shape index (κ3) is 7.50. The van der Waals surface area contributed by atoms with Crippen LogP contribution in [0.1, 0.15) is 78.4 Å². The van der Waals surface area contributed by atoms with Gasteiger partial charge in [-0.15, -0.1) is 0 Å². The van der Waals surface area contributed by atoms with E-state index < -0.39 is 11.7 Å². The number of aryl methyl sites for hydroxylation is 1. The molecule has 0 aromatic carbocycles. The van der Waals surface area contributed by atoms with Crippen LogP contribution in [0.3, 0.4) is 0 Å². The van der Waals surface area contributed by atoms with E-state index in [1.54, 1.807) is 7.05 Å². The Labute approximate surface area is 180 Å². The number of guanidine groups is 1. The van der Waals surface area contributed by atoms with Crippen molar-refractivity contribution < 1.29 is 9.53 Å². The molecule has 1 amide bonds. The number of aromatic nitrogens is 3. The van der Waals surface area contributed by atoms with Crippen molar-refractivity contribution in [2.45, 2.75) is 97.4 Å². The first-order valence-electron chi connectivity index (χ1n) is 11.0. The number of amides is 1. The number of aliphatic imine (C=N–C) groups is 1. The molecule has 9 heteroatoms. The van der Waals surface area contributed by atoms with Crippen LogP contribution < -0.4 is 16.0 Å². The summed E-state index contributed by atoms with van der Waals surface area (Å²) < 4.78 is 7.39. The van der Waals surface area contributed by atoms with Crippen molar-refractivity contribution in [3.8, 4) is 0 Å². The Hall–Kier alpha value is -2.32. The SMILES string of the molecule is CCCC(CNC(=NC)NC1CCc2nc(C(C)C)nn2C1)NC(=O)OC(C)(C)C. The summed E-state index contributed by atoms with van der Waals surface area (Å²) in [7, 11) is 1.76. The summed E-state index contributed by atoms with van der Waals surface area (Å²) in [6.07, 6.45) is 3.30. The van der Waals surface area contributed by atoms with Gasteiger partial charge in [0.2, 0.25) is 0 Å². The molecule has 30 heavy (non-hydrogen) atoms. The Balaban J connectivity index is 1.87. The van der Waals surface area contributed by atoms with Crippen LogP contribution in [0.2, 0.25) is 0 Å². The minimum absolute atomic E-state index is 0.0368. The minimum Gasteiger partial charge on any atom is -0.444 e. The summed E-state index contributed by atoms with van der Waals surface area (Å²) in [5.74, 6) is 3.02. The Bertz CT molecular complexity index is 721. The molecule has 0 bridgehead atoms. The van der Waals surface area contributed by atoms with Crippen molar-refractivity contribution in [3.05, 3.63) is 11.6 Å². The normalized spacial score (nSPS) is 18.0. The number of nitrogens with one attached hydrogen (secondary N) is 3. The summed E-state index contributed by atoms with van der Waals surface area (Å²) >= 11 is 0. The van der Waals surface area contributed by atoms with Gasteiger partial charge in [-0.25, -0.2) is 14.5 Å². The highest BCUT2D eigenvalue weighted by Crippen LogP contribution is 2.17. The summed E-state index contributed by atoms with van der Waals surface area (Å²) in [6.45, 7) is 13.2. The molecule has 0 fully saturated rings. The second-order valence-corrected chi connectivity index (χ2v) is 9.19. The molecule has 0 aliphatic carbocycles. The van der Waals surface area contributed by atoms with Crippen LogP contribution in [-0.4, -0.2) is 58.1 Å². The van der Waals surface area contributed by atoms with Crippen LogP contribution >= 0.6 is 0 Å². The Kier molecular flexibility index (Phi) is 8.49. The van der Waals surface area contributed by atoms with Gasteiger partial charge in [0.1, 0.15) is 11.4 Å². The van der Waals surface area contributed by atoms with E-state index in [9.17, 15) is 4.79 Å². The monoisotopic (exact) mass is 421 g/mol. The zero-order valence-electron chi connectivity index (χ0n) is 19.6. The molecule has 1 aliphatic heterocycles. The van der Waals surface area contributed by atoms with Crippen LogP contribution in [0.5, 0.6) is 0 Å². The van der Waals surface area contributed by atoms with Gasteiger partial charge in [-0.1, -0.05) is 27.2 Å². The Morgan fingerprint density at radius 3 is 2.70 bits per heavy atom. The van der Waals surface area contributed by atoms with Crippen molar-refractivity contribution in [1.29, 1.82) is 0 Å². The second-order valence-electron chi connectivity index (χ2n) is 9.19. The number of carbonyl (C=O) groups is 1. The van der Waals surface area contributed by atoms with Gasteiger partial charge in [0.05, 0.1) is 6.54 Å². The van der Waals surface area contributed by atoms with Crippen LogP contribution in [-0.2, 0) is 17.7 Å². The van der Waals surface area contributed by atoms with Gasteiger partial charge in [0, 0.05) is 38.0 Å². The molecule has 170 valence electrons. The van der Waals surface area contributed by atoms with Crippen LogP contribution in [0.4, 0.5) is 4.79 Å². The summed E-state index contributed by atoms with van der Waals surface area (Å²) in [5.41, 5.74) is -0.511. The highest BCUT2D eigenvalue weighted by molar-refractivity contribution is 5.80. The maximum Gasteiger partial charge on any atom is 0.407 e. The molecule has 1 aliphatic rings. The number of hydrogen-bond donors (Lipinski definition) is 3. The molecule has 1 aromatic heterocycles. The van der Waals surface area contributed by atoms with Crippen LogP contribution in [0.15, 0.2) is 4.99 Å². The fraction of sp³-hybridized carbons (Fsp3) is 0.810. The minimum atomic E-state index is -0.511. The number of rotatable bonds is 7. The first kappa shape index (κ1) is 24.0. The first-order valence-corrected chi connectivity index (χ1v) is 11.0. The van der Waals surface area contributed by atoms with Gasteiger partial charge in [-0.2, -0.15) is 5.10 Å². The lowest BCUT2D eigenvalue weighted by atomic mass is 10.1. The number of ether oxygens (including phenoxy) is 1. The van der Waals surface area contributed by atoms with Crippen LogP contribution in [0.25, 0.3) is 0 Å². The van der Waals surface area contributed by atoms with E-state index >= 15 is 0 Å². The largest absolute Gasteiger partial charge is 0.444 e. The van der Waals surface area contributed by atoms with E-state index in [1.807, 2.05) is 25.5 Å². The third-order valence-electron chi connectivity index (χ3n) is 4.83. The van der Waals surface area contributed by atoms with Crippen molar-refractivity contribution in [3.63, 3.8) is 0 Å². The molecule has 1 aromatic rings. The van der Waals surface area contributed by atoms with Gasteiger partial charge in [-0.3, -0.25) is 4.99 Å². The number of nitrogens with zero attached hydrogens (tertiary/aromatic N) is 4. The number of fused-ring (bicyclic) bond motifs is 1. The molecular formula is C21H39N7O2. The van der Waals surface area contributed by atoms with E-state index in [0.29, 0.717) is 12.5 Å². The molecule has 2 atom stereocenters. The molecule has 0 saturated carbocycles. The van der Waals surface area contributed by atoms with E-state index in [0.717, 1.165) is 49.8 Å². The van der Waals surface area contributed by atoms with Gasteiger partial charge in [0.15, 0.2) is 11.8 Å². The quantitative estimate of drug-likeness (QED) is 0.462. The maximum absolute atomic E-state index is 12.1. The molecule has 2 heterocycles. The average Bonchev–Trinajstić information content (AvgIpc) is 3.07. The molecule has 0 saturated heterocycles. The zero-order chi connectivity index (χ0) is 22.3. The summed E-state index contributed by atoms with van der Waals surface area (Å²) in [5, 5.41) is 14.4. The molecule has 2 unspecified atom stereocenters. The molecular weight excluding hydrogens is 382 g/mol. The van der Waals surface area contributed by atoms with E-state index in [-0.39, 0.29) is 12.1 Å². The van der Waals surface area contributed by atoms with Crippen molar-refractivity contribution >= 4 is 12.1 Å². The second kappa shape index (κ2) is 10.6.